The van der Waals surface area contributed by atoms with Crippen LogP contribution in [-0.4, -0.2) is 30.6 Å². The summed E-state index contributed by atoms with van der Waals surface area (Å²) in [5.74, 6) is 0. The fourth-order valence-electron chi connectivity index (χ4n) is 3.46. The second kappa shape index (κ2) is 7.24. The maximum absolute atomic E-state index is 3.56. The van der Waals surface area contributed by atoms with E-state index in [2.05, 4.69) is 56.1 Å². The molecule has 0 aliphatic carbocycles. The Morgan fingerprint density at radius 1 is 1.35 bits per heavy atom. The third-order valence-corrected chi connectivity index (χ3v) is 4.60. The molecule has 1 fully saturated rings. The number of benzene rings is 1. The Morgan fingerprint density at radius 2 is 2.15 bits per heavy atom. The monoisotopic (exact) mass is 274 g/mol. The summed E-state index contributed by atoms with van der Waals surface area (Å²) < 4.78 is 0. The molecule has 0 amide bonds. The molecule has 2 unspecified atom stereocenters. The van der Waals surface area contributed by atoms with Crippen molar-refractivity contribution < 1.29 is 0 Å². The molecule has 0 radical (unpaired) electrons. The Bertz CT molecular complexity index is 421. The van der Waals surface area contributed by atoms with Gasteiger partial charge in [0.05, 0.1) is 0 Å². The van der Waals surface area contributed by atoms with Crippen LogP contribution >= 0.6 is 0 Å². The molecule has 0 aromatic heterocycles. The van der Waals surface area contributed by atoms with E-state index in [1.54, 1.807) is 0 Å². The molecule has 1 aromatic rings. The summed E-state index contributed by atoms with van der Waals surface area (Å²) in [6.45, 7) is 12.6. The van der Waals surface area contributed by atoms with Gasteiger partial charge in [-0.15, -0.1) is 0 Å². The van der Waals surface area contributed by atoms with Crippen LogP contribution < -0.4 is 5.32 Å². The van der Waals surface area contributed by atoms with E-state index in [0.717, 1.165) is 6.54 Å². The molecule has 1 heterocycles. The summed E-state index contributed by atoms with van der Waals surface area (Å²) in [6, 6.07) is 8.07. The van der Waals surface area contributed by atoms with Gasteiger partial charge in [0.15, 0.2) is 0 Å². The highest BCUT2D eigenvalue weighted by atomic mass is 15.2. The Labute approximate surface area is 124 Å². The van der Waals surface area contributed by atoms with Gasteiger partial charge in [0.2, 0.25) is 0 Å². The molecule has 2 atom stereocenters. The van der Waals surface area contributed by atoms with E-state index >= 15 is 0 Å². The SMILES string of the molecule is CCCN(C1CCCNC1)C(C)c1cc(C)ccc1C. The van der Waals surface area contributed by atoms with Gasteiger partial charge in [0.25, 0.3) is 0 Å². The van der Waals surface area contributed by atoms with Gasteiger partial charge in [0, 0.05) is 18.6 Å². The molecule has 20 heavy (non-hydrogen) atoms. The minimum absolute atomic E-state index is 0.514. The quantitative estimate of drug-likeness (QED) is 0.878. The lowest BCUT2D eigenvalue weighted by molar-refractivity contribution is 0.120. The van der Waals surface area contributed by atoms with Crippen LogP contribution in [0.4, 0.5) is 0 Å². The van der Waals surface area contributed by atoms with Crippen LogP contribution in [0.5, 0.6) is 0 Å². The van der Waals surface area contributed by atoms with E-state index in [0.29, 0.717) is 12.1 Å². The van der Waals surface area contributed by atoms with Crippen molar-refractivity contribution in [2.75, 3.05) is 19.6 Å². The minimum Gasteiger partial charge on any atom is -0.315 e. The Hall–Kier alpha value is -0.860. The first-order valence-corrected chi connectivity index (χ1v) is 8.17. The molecule has 1 aliphatic heterocycles. The van der Waals surface area contributed by atoms with Gasteiger partial charge < -0.3 is 5.32 Å². The normalized spacial score (nSPS) is 21.1. The summed E-state index contributed by atoms with van der Waals surface area (Å²) in [5, 5.41) is 3.56. The number of rotatable bonds is 5. The van der Waals surface area contributed by atoms with Crippen molar-refractivity contribution in [3.05, 3.63) is 34.9 Å². The van der Waals surface area contributed by atoms with E-state index < -0.39 is 0 Å². The summed E-state index contributed by atoms with van der Waals surface area (Å²) in [4.78, 5) is 2.72. The van der Waals surface area contributed by atoms with Gasteiger partial charge in [-0.2, -0.15) is 0 Å². The first-order chi connectivity index (χ1) is 9.63. The van der Waals surface area contributed by atoms with Crippen LogP contribution in [0.25, 0.3) is 0 Å². The van der Waals surface area contributed by atoms with Gasteiger partial charge in [-0.25, -0.2) is 0 Å². The zero-order valence-electron chi connectivity index (χ0n) is 13.6. The number of piperidine rings is 1. The van der Waals surface area contributed by atoms with Crippen LogP contribution in [0.3, 0.4) is 0 Å². The predicted molar refractivity (Wildman–Crippen MR) is 87.2 cm³/mol. The summed E-state index contributed by atoms with van der Waals surface area (Å²) in [5.41, 5.74) is 4.30. The first-order valence-electron chi connectivity index (χ1n) is 8.17. The lowest BCUT2D eigenvalue weighted by Gasteiger charge is -2.39. The summed E-state index contributed by atoms with van der Waals surface area (Å²) in [7, 11) is 0. The van der Waals surface area contributed by atoms with Crippen LogP contribution in [0, 0.1) is 13.8 Å². The lowest BCUT2D eigenvalue weighted by Crippen LogP contribution is -2.47. The highest BCUT2D eigenvalue weighted by molar-refractivity contribution is 5.32. The number of hydrogen-bond donors (Lipinski definition) is 1. The van der Waals surface area contributed by atoms with E-state index in [1.165, 1.54) is 49.0 Å². The second-order valence-electron chi connectivity index (χ2n) is 6.27. The molecule has 0 spiro atoms. The van der Waals surface area contributed by atoms with Crippen LogP contribution in [-0.2, 0) is 0 Å². The van der Waals surface area contributed by atoms with Crippen molar-refractivity contribution in [3.8, 4) is 0 Å². The lowest BCUT2D eigenvalue weighted by atomic mass is 9.95. The number of nitrogens with one attached hydrogen (secondary N) is 1. The average molecular weight is 274 g/mol. The molecule has 112 valence electrons. The molecule has 1 saturated heterocycles. The Morgan fingerprint density at radius 3 is 2.80 bits per heavy atom. The summed E-state index contributed by atoms with van der Waals surface area (Å²) >= 11 is 0. The van der Waals surface area contributed by atoms with Gasteiger partial charge in [-0.3, -0.25) is 4.90 Å². The van der Waals surface area contributed by atoms with Gasteiger partial charge in [-0.05, 0) is 64.3 Å². The third kappa shape index (κ3) is 3.62. The van der Waals surface area contributed by atoms with Crippen molar-refractivity contribution >= 4 is 0 Å². The molecular formula is C18H30N2. The topological polar surface area (TPSA) is 15.3 Å². The number of nitrogens with zero attached hydrogens (tertiary/aromatic N) is 1. The van der Waals surface area contributed by atoms with Crippen LogP contribution in [0.2, 0.25) is 0 Å². The maximum atomic E-state index is 3.56. The molecule has 1 aromatic carbocycles. The van der Waals surface area contributed by atoms with E-state index in [-0.39, 0.29) is 0 Å². The molecule has 0 bridgehead atoms. The highest BCUT2D eigenvalue weighted by Crippen LogP contribution is 2.28. The summed E-state index contributed by atoms with van der Waals surface area (Å²) in [6.07, 6.45) is 3.87. The fraction of sp³-hybridized carbons (Fsp3) is 0.667. The van der Waals surface area contributed by atoms with E-state index in [4.69, 9.17) is 0 Å². The van der Waals surface area contributed by atoms with Crippen molar-refractivity contribution in [2.24, 2.45) is 0 Å². The third-order valence-electron chi connectivity index (χ3n) is 4.60. The molecular weight excluding hydrogens is 244 g/mol. The van der Waals surface area contributed by atoms with Gasteiger partial charge in [-0.1, -0.05) is 30.7 Å². The average Bonchev–Trinajstić information content (AvgIpc) is 2.47. The molecule has 2 nitrogen and oxygen atoms in total. The minimum atomic E-state index is 0.514. The smallest absolute Gasteiger partial charge is 0.0326 e. The molecule has 1 aliphatic rings. The maximum Gasteiger partial charge on any atom is 0.0326 e. The van der Waals surface area contributed by atoms with Gasteiger partial charge in [0.1, 0.15) is 0 Å². The van der Waals surface area contributed by atoms with Crippen molar-refractivity contribution in [2.45, 2.75) is 59.0 Å². The van der Waals surface area contributed by atoms with Gasteiger partial charge >= 0.3 is 0 Å². The standard InChI is InChI=1S/C18H30N2/c1-5-11-20(17-7-6-10-19-13-17)16(4)18-12-14(2)8-9-15(18)3/h8-9,12,16-17,19H,5-7,10-11,13H2,1-4H3. The van der Waals surface area contributed by atoms with Crippen LogP contribution in [0.1, 0.15) is 55.8 Å². The highest BCUT2D eigenvalue weighted by Gasteiger charge is 2.26. The molecule has 0 saturated carbocycles. The van der Waals surface area contributed by atoms with Crippen molar-refractivity contribution in [1.82, 2.24) is 10.2 Å². The zero-order chi connectivity index (χ0) is 14.5. The van der Waals surface area contributed by atoms with Crippen molar-refractivity contribution in [1.29, 1.82) is 0 Å². The predicted octanol–water partition coefficient (Wildman–Crippen LogP) is 3.83. The first kappa shape index (κ1) is 15.5. The Balaban J connectivity index is 2.20. The Kier molecular flexibility index (Phi) is 5.62. The van der Waals surface area contributed by atoms with Crippen molar-refractivity contribution in [3.63, 3.8) is 0 Å². The molecule has 1 N–H and O–H groups in total. The number of hydrogen-bond acceptors (Lipinski definition) is 2. The van der Waals surface area contributed by atoms with Crippen LogP contribution in [0.15, 0.2) is 18.2 Å². The van der Waals surface area contributed by atoms with E-state index in [1.807, 2.05) is 0 Å². The number of aryl methyl sites for hydroxylation is 2. The van der Waals surface area contributed by atoms with E-state index in [9.17, 15) is 0 Å². The second-order valence-corrected chi connectivity index (χ2v) is 6.27. The zero-order valence-corrected chi connectivity index (χ0v) is 13.6. The molecule has 2 heteroatoms. The molecule has 2 rings (SSSR count). The fourth-order valence-corrected chi connectivity index (χ4v) is 3.46. The largest absolute Gasteiger partial charge is 0.315 e.